The third kappa shape index (κ3) is 65.9. The largest absolute Gasteiger partial charge is 2.00 e. The zero-order valence-electron chi connectivity index (χ0n) is 3.01. The maximum absolute atomic E-state index is 8.52. The molecule has 0 aliphatic carbocycles. The standard InChI is InChI=1S/Al.Ca.Mg.O3Si.2H/c;;;1-4(2)3;;/q;+2;;-2;;. The zero-order chi connectivity index (χ0) is 3.58. The number of hydrogen-bond donors (Lipinski definition) is 0. The Morgan fingerprint density at radius 1 is 1.29 bits per heavy atom. The number of hydrogen-bond acceptors (Lipinski definition) is 3. The first-order valence-corrected chi connectivity index (χ1v) is 1.84. The summed E-state index contributed by atoms with van der Waals surface area (Å²) in [5.74, 6) is 0. The van der Waals surface area contributed by atoms with E-state index in [0.29, 0.717) is 0 Å². The van der Waals surface area contributed by atoms with E-state index >= 15 is 0 Å². The fourth-order valence-electron chi connectivity index (χ4n) is 0. The van der Waals surface area contributed by atoms with Crippen molar-refractivity contribution in [1.82, 2.24) is 0 Å². The van der Waals surface area contributed by atoms with Crippen molar-refractivity contribution in [3.8, 4) is 0 Å². The van der Waals surface area contributed by atoms with E-state index in [1.54, 1.807) is 0 Å². The van der Waals surface area contributed by atoms with Crippen molar-refractivity contribution >= 4 is 87.3 Å². The van der Waals surface area contributed by atoms with Crippen molar-refractivity contribution in [3.63, 3.8) is 0 Å². The summed E-state index contributed by atoms with van der Waals surface area (Å²) in [5, 5.41) is 0. The molecule has 0 aromatic rings. The SMILES string of the molecule is O=[Si]([O-])[O-].[Al].[Ca+2].[MgH2]. The Balaban J connectivity index is -0.0000000150. The van der Waals surface area contributed by atoms with Crippen LogP contribution >= 0.6 is 0 Å². The fraction of sp³-hybridized carbons (Fsp3) is 0. The van der Waals surface area contributed by atoms with Crippen LogP contribution in [0.15, 0.2) is 0 Å². The molecule has 0 aromatic heterocycles. The quantitative estimate of drug-likeness (QED) is 0.343. The molecule has 0 fully saturated rings. The predicted octanol–water partition coefficient (Wildman–Crippen LogP) is -4.56. The van der Waals surface area contributed by atoms with Gasteiger partial charge in [0.1, 0.15) is 0 Å². The van der Waals surface area contributed by atoms with Gasteiger partial charge in [-0.2, -0.15) is 0 Å². The molecule has 0 aliphatic rings. The second-order valence-electron chi connectivity index (χ2n) is 0.250. The smallest absolute Gasteiger partial charge is 0.672 e. The molecule has 0 bridgehead atoms. The van der Waals surface area contributed by atoms with Gasteiger partial charge < -0.3 is 14.1 Å². The Bertz CT molecular complexity index is 37.9. The first-order chi connectivity index (χ1) is 1.73. The van der Waals surface area contributed by atoms with Crippen molar-refractivity contribution in [3.05, 3.63) is 0 Å². The molecule has 0 saturated carbocycles. The van der Waals surface area contributed by atoms with Crippen LogP contribution in [0.5, 0.6) is 0 Å². The van der Waals surface area contributed by atoms with Gasteiger partial charge >= 0.3 is 60.8 Å². The van der Waals surface area contributed by atoms with Crippen molar-refractivity contribution in [2.75, 3.05) is 0 Å². The zero-order valence-corrected chi connectivity index (χ0v) is 7.37. The van der Waals surface area contributed by atoms with E-state index in [-0.39, 0.29) is 78.2 Å². The summed E-state index contributed by atoms with van der Waals surface area (Å²) in [7, 11) is -3.63. The molecule has 0 spiro atoms. The van der Waals surface area contributed by atoms with Gasteiger partial charge in [-0.15, -0.1) is 0 Å². The van der Waals surface area contributed by atoms with E-state index < -0.39 is 9.17 Å². The van der Waals surface area contributed by atoms with Gasteiger partial charge in [-0.3, -0.25) is 0 Å². The molecule has 7 heavy (non-hydrogen) atoms. The minimum Gasteiger partial charge on any atom is -0.672 e. The van der Waals surface area contributed by atoms with Crippen molar-refractivity contribution in [1.29, 1.82) is 0 Å². The Morgan fingerprint density at radius 2 is 1.29 bits per heavy atom. The minimum absolute atomic E-state index is 0. The molecular weight excluding hydrogens is 167 g/mol. The average Bonchev–Trinajstić information content (AvgIpc) is 0.811. The Kier molecular flexibility index (Phi) is 51.4. The maximum atomic E-state index is 8.52. The van der Waals surface area contributed by atoms with Crippen LogP contribution in [-0.4, -0.2) is 87.3 Å². The van der Waals surface area contributed by atoms with Crippen molar-refractivity contribution in [2.45, 2.75) is 0 Å². The molecule has 3 radical (unpaired) electrons. The van der Waals surface area contributed by atoms with E-state index in [1.165, 1.54) is 0 Å². The summed E-state index contributed by atoms with van der Waals surface area (Å²) in [6.45, 7) is 0. The van der Waals surface area contributed by atoms with Gasteiger partial charge in [0, 0.05) is 26.5 Å². The van der Waals surface area contributed by atoms with Gasteiger partial charge in [0.15, 0.2) is 0 Å². The summed E-state index contributed by atoms with van der Waals surface area (Å²) in [4.78, 5) is 17.0. The van der Waals surface area contributed by atoms with E-state index in [1.807, 2.05) is 0 Å². The van der Waals surface area contributed by atoms with Gasteiger partial charge in [-0.1, -0.05) is 0 Å². The molecule has 0 saturated heterocycles. The molecule has 0 heterocycles. The minimum atomic E-state index is -3.63. The third-order valence-corrected chi connectivity index (χ3v) is 0. The van der Waals surface area contributed by atoms with Crippen LogP contribution < -0.4 is 9.59 Å². The van der Waals surface area contributed by atoms with Crippen molar-refractivity contribution in [2.24, 2.45) is 0 Å². The molecule has 0 atom stereocenters. The van der Waals surface area contributed by atoms with Crippen LogP contribution in [-0.2, 0) is 4.46 Å². The third-order valence-electron chi connectivity index (χ3n) is 0. The second kappa shape index (κ2) is 15.7. The van der Waals surface area contributed by atoms with Gasteiger partial charge in [0.2, 0.25) is 0 Å². The summed E-state index contributed by atoms with van der Waals surface area (Å²) in [5.41, 5.74) is 0. The van der Waals surface area contributed by atoms with E-state index in [0.717, 1.165) is 0 Å². The molecule has 31 valence electrons. The van der Waals surface area contributed by atoms with Crippen LogP contribution in [0.1, 0.15) is 0 Å². The molecule has 0 amide bonds. The van der Waals surface area contributed by atoms with Gasteiger partial charge in [0.25, 0.3) is 0 Å². The molecule has 0 unspecified atom stereocenters. The maximum Gasteiger partial charge on any atom is 2.00 e. The monoisotopic (exact) mass is 169 g/mol. The normalized spacial score (nSPS) is 3.43. The van der Waals surface area contributed by atoms with Crippen LogP contribution in [0.2, 0.25) is 0 Å². The fourth-order valence-corrected chi connectivity index (χ4v) is 0. The second-order valence-corrected chi connectivity index (χ2v) is 0.750. The number of rotatable bonds is 0. The molecular formula is H2AlCaMgO3Si. The summed E-state index contributed by atoms with van der Waals surface area (Å²) >= 11 is 0. The van der Waals surface area contributed by atoms with Crippen LogP contribution in [0.25, 0.3) is 0 Å². The topological polar surface area (TPSA) is 63.2 Å². The predicted molar refractivity (Wildman–Crippen MR) is 26.5 cm³/mol. The molecule has 0 aliphatic heterocycles. The molecule has 0 rings (SSSR count). The molecule has 0 aromatic carbocycles. The van der Waals surface area contributed by atoms with Crippen LogP contribution in [0.4, 0.5) is 0 Å². The Labute approximate surface area is 99.7 Å². The first kappa shape index (κ1) is 22.9. The summed E-state index contributed by atoms with van der Waals surface area (Å²) in [6.07, 6.45) is 0. The molecule has 3 nitrogen and oxygen atoms in total. The van der Waals surface area contributed by atoms with Gasteiger partial charge in [0.05, 0.1) is 0 Å². The van der Waals surface area contributed by atoms with Crippen molar-refractivity contribution < 1.29 is 14.1 Å². The molecule has 7 heteroatoms. The first-order valence-electron chi connectivity index (χ1n) is 0.612. The van der Waals surface area contributed by atoms with Crippen LogP contribution in [0, 0.1) is 0 Å². The molecule has 0 N–H and O–H groups in total. The Hall–Kier alpha value is 2.18. The summed E-state index contributed by atoms with van der Waals surface area (Å²) < 4.78 is 8.52. The van der Waals surface area contributed by atoms with Crippen LogP contribution in [0.3, 0.4) is 0 Å². The Morgan fingerprint density at radius 3 is 1.29 bits per heavy atom. The average molecular weight is 169 g/mol. The van der Waals surface area contributed by atoms with E-state index in [4.69, 9.17) is 14.1 Å². The van der Waals surface area contributed by atoms with Gasteiger partial charge in [-0.25, -0.2) is 0 Å². The van der Waals surface area contributed by atoms with Gasteiger partial charge in [-0.05, 0) is 0 Å². The summed E-state index contributed by atoms with van der Waals surface area (Å²) in [6, 6.07) is 0. The van der Waals surface area contributed by atoms with E-state index in [2.05, 4.69) is 0 Å². The van der Waals surface area contributed by atoms with E-state index in [9.17, 15) is 0 Å².